The molecule has 0 saturated carbocycles. The summed E-state index contributed by atoms with van der Waals surface area (Å²) < 4.78 is 12.5. The Morgan fingerprint density at radius 3 is 2.80 bits per heavy atom. The highest BCUT2D eigenvalue weighted by molar-refractivity contribution is 7.71. The van der Waals surface area contributed by atoms with E-state index in [0.29, 0.717) is 54.0 Å². The smallest absolute Gasteiger partial charge is 0.262 e. The second-order valence-corrected chi connectivity index (χ2v) is 7.30. The molecule has 0 spiro atoms. The SMILES string of the molecule is COCCCn1c(=S)[nH]c2cc(C(=O)NCCOc3cccc(C)c3)ccc2c1=O. The van der Waals surface area contributed by atoms with E-state index >= 15 is 0 Å². The molecule has 0 saturated heterocycles. The van der Waals surface area contributed by atoms with E-state index in [1.165, 1.54) is 4.57 Å². The number of aromatic amines is 1. The quantitative estimate of drug-likeness (QED) is 0.405. The summed E-state index contributed by atoms with van der Waals surface area (Å²) in [6.07, 6.45) is 0.685. The van der Waals surface area contributed by atoms with Gasteiger partial charge in [0.2, 0.25) is 0 Å². The van der Waals surface area contributed by atoms with Gasteiger partial charge in [0, 0.05) is 25.8 Å². The Morgan fingerprint density at radius 1 is 1.20 bits per heavy atom. The van der Waals surface area contributed by atoms with Gasteiger partial charge >= 0.3 is 0 Å². The molecule has 158 valence electrons. The zero-order valence-electron chi connectivity index (χ0n) is 17.1. The minimum absolute atomic E-state index is 0.177. The van der Waals surface area contributed by atoms with Gasteiger partial charge in [-0.3, -0.25) is 14.2 Å². The van der Waals surface area contributed by atoms with Gasteiger partial charge in [-0.15, -0.1) is 0 Å². The highest BCUT2D eigenvalue weighted by Crippen LogP contribution is 2.13. The fourth-order valence-electron chi connectivity index (χ4n) is 3.11. The fourth-order valence-corrected chi connectivity index (χ4v) is 3.39. The summed E-state index contributed by atoms with van der Waals surface area (Å²) in [5.74, 6) is 0.526. The van der Waals surface area contributed by atoms with Crippen LogP contribution >= 0.6 is 12.2 Å². The van der Waals surface area contributed by atoms with Crippen molar-refractivity contribution in [2.24, 2.45) is 0 Å². The number of methoxy groups -OCH3 is 1. The summed E-state index contributed by atoms with van der Waals surface area (Å²) in [4.78, 5) is 28.2. The van der Waals surface area contributed by atoms with Crippen LogP contribution < -0.4 is 15.6 Å². The minimum Gasteiger partial charge on any atom is -0.492 e. The molecule has 0 aliphatic heterocycles. The van der Waals surface area contributed by atoms with Gasteiger partial charge in [0.15, 0.2) is 4.77 Å². The molecule has 0 aliphatic rings. The molecule has 0 fully saturated rings. The van der Waals surface area contributed by atoms with Gasteiger partial charge in [0.05, 0.1) is 17.4 Å². The van der Waals surface area contributed by atoms with Crippen molar-refractivity contribution in [3.63, 3.8) is 0 Å². The second-order valence-electron chi connectivity index (χ2n) is 6.91. The number of benzene rings is 2. The molecule has 0 radical (unpaired) electrons. The maximum atomic E-state index is 12.7. The number of rotatable bonds is 9. The second kappa shape index (κ2) is 10.2. The molecule has 0 aliphatic carbocycles. The molecule has 1 amide bonds. The van der Waals surface area contributed by atoms with Crippen LogP contribution in [-0.4, -0.2) is 42.3 Å². The normalized spacial score (nSPS) is 10.9. The van der Waals surface area contributed by atoms with E-state index in [1.54, 1.807) is 25.3 Å². The van der Waals surface area contributed by atoms with Gasteiger partial charge in [-0.05, 0) is 61.5 Å². The van der Waals surface area contributed by atoms with Crippen LogP contribution in [0.4, 0.5) is 0 Å². The van der Waals surface area contributed by atoms with Crippen LogP contribution in [0.1, 0.15) is 22.3 Å². The van der Waals surface area contributed by atoms with Crippen molar-refractivity contribution in [3.05, 3.63) is 68.7 Å². The third-order valence-corrected chi connectivity index (χ3v) is 4.94. The monoisotopic (exact) mass is 427 g/mol. The third kappa shape index (κ3) is 5.34. The highest BCUT2D eigenvalue weighted by atomic mass is 32.1. The summed E-state index contributed by atoms with van der Waals surface area (Å²) in [6.45, 7) is 3.74. The highest BCUT2D eigenvalue weighted by Gasteiger charge is 2.10. The topological polar surface area (TPSA) is 85.3 Å². The van der Waals surface area contributed by atoms with Crippen molar-refractivity contribution in [3.8, 4) is 5.75 Å². The van der Waals surface area contributed by atoms with Crippen LogP contribution in [0.3, 0.4) is 0 Å². The van der Waals surface area contributed by atoms with Gasteiger partial charge in [-0.1, -0.05) is 12.1 Å². The predicted molar refractivity (Wildman–Crippen MR) is 119 cm³/mol. The standard InChI is InChI=1S/C22H25N3O4S/c1-15-5-3-6-17(13-15)29-12-9-23-20(26)16-7-8-18-19(14-16)24-22(30)25(21(18)27)10-4-11-28-2/h3,5-8,13-14H,4,9-12H2,1-2H3,(H,23,26)(H,24,30). The van der Waals surface area contributed by atoms with Crippen LogP contribution in [0.5, 0.6) is 5.75 Å². The first-order valence-corrected chi connectivity index (χ1v) is 10.1. The number of carbonyl (C=O) groups is 1. The number of hydrogen-bond donors (Lipinski definition) is 2. The molecule has 2 aromatic carbocycles. The first kappa shape index (κ1) is 21.7. The van der Waals surface area contributed by atoms with Crippen LogP contribution in [-0.2, 0) is 11.3 Å². The minimum atomic E-state index is -0.242. The number of carbonyl (C=O) groups excluding carboxylic acids is 1. The van der Waals surface area contributed by atoms with E-state index in [2.05, 4.69) is 10.3 Å². The summed E-state index contributed by atoms with van der Waals surface area (Å²) >= 11 is 5.32. The molecule has 8 heteroatoms. The Hall–Kier alpha value is -2.97. The predicted octanol–water partition coefficient (Wildman–Crippen LogP) is 3.21. The van der Waals surface area contributed by atoms with Crippen molar-refractivity contribution in [1.82, 2.24) is 14.9 Å². The largest absolute Gasteiger partial charge is 0.492 e. The molecule has 1 aromatic heterocycles. The summed E-state index contributed by atoms with van der Waals surface area (Å²) in [6, 6.07) is 12.7. The molecule has 1 heterocycles. The van der Waals surface area contributed by atoms with Crippen molar-refractivity contribution in [2.75, 3.05) is 26.9 Å². The van der Waals surface area contributed by atoms with E-state index in [9.17, 15) is 9.59 Å². The zero-order chi connectivity index (χ0) is 21.5. The lowest BCUT2D eigenvalue weighted by atomic mass is 10.1. The van der Waals surface area contributed by atoms with Gasteiger partial charge in [0.25, 0.3) is 11.5 Å². The van der Waals surface area contributed by atoms with Crippen LogP contribution in [0.2, 0.25) is 0 Å². The Labute approximate surface area is 179 Å². The molecular formula is C22H25N3O4S. The molecule has 30 heavy (non-hydrogen) atoms. The van der Waals surface area contributed by atoms with Crippen LogP contribution in [0, 0.1) is 11.7 Å². The van der Waals surface area contributed by atoms with E-state index < -0.39 is 0 Å². The molecule has 0 atom stereocenters. The lowest BCUT2D eigenvalue weighted by Gasteiger charge is -2.10. The maximum Gasteiger partial charge on any atom is 0.262 e. The average molecular weight is 428 g/mol. The van der Waals surface area contributed by atoms with Gasteiger partial charge in [-0.25, -0.2) is 0 Å². The van der Waals surface area contributed by atoms with Crippen LogP contribution in [0.15, 0.2) is 47.3 Å². The van der Waals surface area contributed by atoms with Gasteiger partial charge in [-0.2, -0.15) is 0 Å². The van der Waals surface area contributed by atoms with Gasteiger partial charge in [0.1, 0.15) is 12.4 Å². The molecule has 2 N–H and O–H groups in total. The van der Waals surface area contributed by atoms with Crippen molar-refractivity contribution in [1.29, 1.82) is 0 Å². The molecule has 0 bridgehead atoms. The van der Waals surface area contributed by atoms with E-state index in [4.69, 9.17) is 21.7 Å². The lowest BCUT2D eigenvalue weighted by Crippen LogP contribution is -2.28. The fraction of sp³-hybridized carbons (Fsp3) is 0.318. The van der Waals surface area contributed by atoms with E-state index in [1.807, 2.05) is 31.2 Å². The molecule has 3 aromatic rings. The van der Waals surface area contributed by atoms with Gasteiger partial charge < -0.3 is 19.8 Å². The summed E-state index contributed by atoms with van der Waals surface area (Å²) in [5, 5.41) is 3.31. The first-order valence-electron chi connectivity index (χ1n) is 9.73. The molecule has 0 unspecified atom stereocenters. The summed E-state index contributed by atoms with van der Waals surface area (Å²) in [5.41, 5.74) is 1.92. The first-order chi connectivity index (χ1) is 14.5. The zero-order valence-corrected chi connectivity index (χ0v) is 17.9. The third-order valence-electron chi connectivity index (χ3n) is 4.62. The number of amides is 1. The number of ether oxygens (including phenoxy) is 2. The number of aryl methyl sites for hydroxylation is 1. The number of H-pyrrole nitrogens is 1. The average Bonchev–Trinajstić information content (AvgIpc) is 2.73. The number of fused-ring (bicyclic) bond motifs is 1. The van der Waals surface area contributed by atoms with E-state index in [-0.39, 0.29) is 11.5 Å². The molecule has 7 nitrogen and oxygen atoms in total. The van der Waals surface area contributed by atoms with E-state index in [0.717, 1.165) is 11.3 Å². The van der Waals surface area contributed by atoms with Crippen molar-refractivity contribution < 1.29 is 14.3 Å². The number of nitrogens with zero attached hydrogens (tertiary/aromatic N) is 1. The lowest BCUT2D eigenvalue weighted by molar-refractivity contribution is 0.0947. The Bertz CT molecular complexity index is 1150. The number of nitrogens with one attached hydrogen (secondary N) is 2. The van der Waals surface area contributed by atoms with Crippen molar-refractivity contribution in [2.45, 2.75) is 19.9 Å². The molecular weight excluding hydrogens is 402 g/mol. The summed E-state index contributed by atoms with van der Waals surface area (Å²) in [7, 11) is 1.62. The van der Waals surface area contributed by atoms with Crippen molar-refractivity contribution >= 4 is 29.0 Å². The molecule has 3 rings (SSSR count). The van der Waals surface area contributed by atoms with Crippen LogP contribution in [0.25, 0.3) is 10.9 Å². The Kier molecular flexibility index (Phi) is 7.37. The number of hydrogen-bond acceptors (Lipinski definition) is 5. The Morgan fingerprint density at radius 2 is 2.03 bits per heavy atom. The Balaban J connectivity index is 1.65. The number of aromatic nitrogens is 2. The maximum absolute atomic E-state index is 12.7.